The predicted molar refractivity (Wildman–Crippen MR) is 115 cm³/mol. The Kier molecular flexibility index (Phi) is 5.75. The van der Waals surface area contributed by atoms with Crippen LogP contribution in [0.25, 0.3) is 5.65 Å². The van der Waals surface area contributed by atoms with Gasteiger partial charge in [-0.3, -0.25) is 0 Å². The summed E-state index contributed by atoms with van der Waals surface area (Å²) >= 11 is 0. The minimum absolute atomic E-state index is 0.244. The molecule has 1 atom stereocenters. The van der Waals surface area contributed by atoms with Gasteiger partial charge in [0.25, 0.3) is 0 Å². The zero-order chi connectivity index (χ0) is 21.5. The fourth-order valence-electron chi connectivity index (χ4n) is 4.95. The summed E-state index contributed by atoms with van der Waals surface area (Å²) in [5, 5.41) is 4.97. The van der Waals surface area contributed by atoms with E-state index in [9.17, 15) is 4.79 Å². The van der Waals surface area contributed by atoms with Gasteiger partial charge in [-0.05, 0) is 50.0 Å². The Morgan fingerprint density at radius 2 is 1.93 bits per heavy atom. The first-order valence-corrected chi connectivity index (χ1v) is 11.1. The number of hydrogen-bond donors (Lipinski definition) is 0. The van der Waals surface area contributed by atoms with Gasteiger partial charge in [0.05, 0.1) is 31.6 Å². The van der Waals surface area contributed by atoms with Gasteiger partial charge in [-0.1, -0.05) is 20.8 Å². The number of ether oxygens (including phenoxy) is 2. The number of rotatable bonds is 2. The summed E-state index contributed by atoms with van der Waals surface area (Å²) in [5.41, 5.74) is 4.23. The first-order valence-electron chi connectivity index (χ1n) is 11.1. The number of aromatic nitrogens is 3. The van der Waals surface area contributed by atoms with Crippen molar-refractivity contribution in [2.45, 2.75) is 65.4 Å². The van der Waals surface area contributed by atoms with Crippen LogP contribution in [-0.4, -0.2) is 52.4 Å². The van der Waals surface area contributed by atoms with E-state index in [2.05, 4.69) is 26.8 Å². The molecule has 0 N–H and O–H groups in total. The maximum Gasteiger partial charge on any atom is 0.409 e. The zero-order valence-electron chi connectivity index (χ0n) is 18.9. The molecule has 1 amide bonds. The van der Waals surface area contributed by atoms with E-state index in [4.69, 9.17) is 19.6 Å². The number of hydrogen-bond acceptors (Lipinski definition) is 5. The van der Waals surface area contributed by atoms with Crippen molar-refractivity contribution in [2.24, 2.45) is 11.3 Å². The Morgan fingerprint density at radius 1 is 1.20 bits per heavy atom. The summed E-state index contributed by atoms with van der Waals surface area (Å²) in [6.07, 6.45) is 4.29. The molecule has 3 heterocycles. The quantitative estimate of drug-likeness (QED) is 0.724. The van der Waals surface area contributed by atoms with Crippen LogP contribution < -0.4 is 0 Å². The molecule has 30 heavy (non-hydrogen) atoms. The second kappa shape index (κ2) is 8.17. The van der Waals surface area contributed by atoms with Crippen molar-refractivity contribution in [3.63, 3.8) is 0 Å². The molecular formula is C23H34N4O3. The van der Waals surface area contributed by atoms with Gasteiger partial charge >= 0.3 is 6.09 Å². The van der Waals surface area contributed by atoms with Gasteiger partial charge in [0.15, 0.2) is 5.65 Å². The van der Waals surface area contributed by atoms with Crippen LogP contribution in [0.1, 0.15) is 75.6 Å². The van der Waals surface area contributed by atoms with Crippen molar-refractivity contribution in [1.82, 2.24) is 19.5 Å². The lowest BCUT2D eigenvalue weighted by molar-refractivity contribution is -0.0287. The summed E-state index contributed by atoms with van der Waals surface area (Å²) < 4.78 is 12.8. The van der Waals surface area contributed by atoms with Gasteiger partial charge in [-0.25, -0.2) is 14.3 Å². The van der Waals surface area contributed by atoms with Crippen LogP contribution in [0.3, 0.4) is 0 Å². The second-order valence-corrected chi connectivity index (χ2v) is 9.85. The molecule has 2 aromatic heterocycles. The van der Waals surface area contributed by atoms with Crippen LogP contribution in [0.4, 0.5) is 4.79 Å². The number of aryl methyl sites for hydroxylation is 1. The zero-order valence-corrected chi connectivity index (χ0v) is 18.9. The lowest BCUT2D eigenvalue weighted by atomic mass is 9.69. The van der Waals surface area contributed by atoms with Gasteiger partial charge in [0, 0.05) is 24.2 Å². The monoisotopic (exact) mass is 414 g/mol. The summed E-state index contributed by atoms with van der Waals surface area (Å²) in [6.45, 7) is 10.5. The van der Waals surface area contributed by atoms with Gasteiger partial charge in [-0.15, -0.1) is 0 Å². The van der Waals surface area contributed by atoms with Gasteiger partial charge in [0.2, 0.25) is 0 Å². The molecule has 2 aromatic rings. The molecule has 0 aromatic carbocycles. The van der Waals surface area contributed by atoms with Crippen molar-refractivity contribution in [1.29, 1.82) is 0 Å². The van der Waals surface area contributed by atoms with E-state index < -0.39 is 0 Å². The fraction of sp³-hybridized carbons (Fsp3) is 0.696. The summed E-state index contributed by atoms with van der Waals surface area (Å²) in [4.78, 5) is 18.4. The van der Waals surface area contributed by atoms with Crippen LogP contribution in [0.5, 0.6) is 0 Å². The van der Waals surface area contributed by atoms with E-state index >= 15 is 0 Å². The maximum atomic E-state index is 12.0. The highest BCUT2D eigenvalue weighted by Gasteiger charge is 2.32. The largest absolute Gasteiger partial charge is 0.453 e. The molecule has 2 fully saturated rings. The Bertz CT molecular complexity index is 909. The summed E-state index contributed by atoms with van der Waals surface area (Å²) in [7, 11) is 1.41. The van der Waals surface area contributed by atoms with Gasteiger partial charge < -0.3 is 14.4 Å². The fourth-order valence-corrected chi connectivity index (χ4v) is 4.95. The molecule has 1 aliphatic heterocycles. The molecule has 2 aliphatic rings. The Hall–Kier alpha value is -2.15. The van der Waals surface area contributed by atoms with E-state index in [1.165, 1.54) is 32.8 Å². The van der Waals surface area contributed by atoms with E-state index in [0.29, 0.717) is 31.0 Å². The lowest BCUT2D eigenvalue weighted by Gasteiger charge is -2.36. The van der Waals surface area contributed by atoms with Crippen LogP contribution in [0.15, 0.2) is 12.1 Å². The molecule has 1 aliphatic carbocycles. The van der Waals surface area contributed by atoms with Gasteiger partial charge in [0.1, 0.15) is 6.10 Å². The van der Waals surface area contributed by atoms with Crippen molar-refractivity contribution in [3.05, 3.63) is 29.2 Å². The number of amides is 1. The number of carbonyl (C=O) groups excluding carboxylic acids is 1. The van der Waals surface area contributed by atoms with Crippen molar-refractivity contribution in [2.75, 3.05) is 26.8 Å². The van der Waals surface area contributed by atoms with Gasteiger partial charge in [-0.2, -0.15) is 5.10 Å². The normalized spacial score (nSPS) is 25.5. The van der Waals surface area contributed by atoms with Crippen LogP contribution >= 0.6 is 0 Å². The third-order valence-electron chi connectivity index (χ3n) is 6.80. The molecule has 0 spiro atoms. The highest BCUT2D eigenvalue weighted by Crippen LogP contribution is 2.43. The third kappa shape index (κ3) is 4.17. The molecule has 4 rings (SSSR count). The smallest absolute Gasteiger partial charge is 0.409 e. The highest BCUT2D eigenvalue weighted by molar-refractivity contribution is 5.67. The predicted octanol–water partition coefficient (Wildman–Crippen LogP) is 4.50. The molecule has 164 valence electrons. The summed E-state index contributed by atoms with van der Waals surface area (Å²) in [6, 6.07) is 4.16. The topological polar surface area (TPSA) is 69.0 Å². The van der Waals surface area contributed by atoms with E-state index in [-0.39, 0.29) is 12.2 Å². The second-order valence-electron chi connectivity index (χ2n) is 9.85. The SMILES string of the molecule is COC(=O)N1CCO[C@H](c2cc(C)nc3cc(C4CCC(C(C)(C)C)CC4)nn23)C1. The molecule has 7 nitrogen and oxygen atoms in total. The number of carbonyl (C=O) groups is 1. The van der Waals surface area contributed by atoms with Crippen LogP contribution in [0.2, 0.25) is 0 Å². The third-order valence-corrected chi connectivity index (χ3v) is 6.80. The molecular weight excluding hydrogens is 380 g/mol. The van der Waals surface area contributed by atoms with Crippen LogP contribution in [-0.2, 0) is 9.47 Å². The number of methoxy groups -OCH3 is 1. The lowest BCUT2D eigenvalue weighted by Crippen LogP contribution is -2.42. The maximum absolute atomic E-state index is 12.0. The van der Waals surface area contributed by atoms with Crippen molar-refractivity contribution >= 4 is 11.7 Å². The Morgan fingerprint density at radius 3 is 2.60 bits per heavy atom. The van der Waals surface area contributed by atoms with Crippen molar-refractivity contribution in [3.8, 4) is 0 Å². The Balaban J connectivity index is 1.59. The number of fused-ring (bicyclic) bond motifs is 1. The van der Waals surface area contributed by atoms with Crippen LogP contribution in [0, 0.1) is 18.3 Å². The first-order chi connectivity index (χ1) is 14.3. The summed E-state index contributed by atoms with van der Waals surface area (Å²) in [5.74, 6) is 1.26. The molecule has 0 radical (unpaired) electrons. The average molecular weight is 415 g/mol. The molecule has 7 heteroatoms. The van der Waals surface area contributed by atoms with E-state index in [1.807, 2.05) is 17.5 Å². The first kappa shape index (κ1) is 21.1. The van der Waals surface area contributed by atoms with Crippen molar-refractivity contribution < 1.29 is 14.3 Å². The van der Waals surface area contributed by atoms with E-state index in [0.717, 1.165) is 28.6 Å². The molecule has 1 saturated carbocycles. The minimum atomic E-state index is -0.318. The number of nitrogens with zero attached hydrogens (tertiary/aromatic N) is 4. The minimum Gasteiger partial charge on any atom is -0.453 e. The van der Waals surface area contributed by atoms with E-state index in [1.54, 1.807) is 4.90 Å². The Labute approximate surface area is 178 Å². The standard InChI is InChI=1S/C23H34N4O3/c1-15-12-19(20-14-26(10-11-30-20)22(28)29-5)27-21(24-15)13-18(25-27)16-6-8-17(9-7-16)23(2,3)4/h12-13,16-17,20H,6-11,14H2,1-5H3/t16?,17?,20-/m0/s1. The average Bonchev–Trinajstić information content (AvgIpc) is 3.16. The molecule has 1 saturated heterocycles. The molecule has 0 unspecified atom stereocenters. The highest BCUT2D eigenvalue weighted by atomic mass is 16.5. The molecule has 0 bridgehead atoms. The number of morpholine rings is 1.